The standard InChI is InChI=1S/C13H18N2O6S/c1-9-4-6-10(7-5-9)22(20,21)15(13(19)12(14)18)8-2-3-11(16)17/h4-7,13,19H,2-3,8H2,1H3,(H2,14,18)(H,16,17). The first-order chi connectivity index (χ1) is 10.2. The summed E-state index contributed by atoms with van der Waals surface area (Å²) < 4.78 is 25.5. The quantitative estimate of drug-likeness (QED) is 0.557. The molecule has 9 heteroatoms. The summed E-state index contributed by atoms with van der Waals surface area (Å²) in [6, 6.07) is 5.81. The van der Waals surface area contributed by atoms with E-state index < -0.39 is 28.1 Å². The number of aliphatic hydroxyl groups excluding tert-OH is 1. The molecule has 1 aromatic carbocycles. The minimum atomic E-state index is -4.17. The molecule has 0 aliphatic heterocycles. The molecule has 0 aromatic heterocycles. The lowest BCUT2D eigenvalue weighted by atomic mass is 10.2. The maximum Gasteiger partial charge on any atom is 0.303 e. The van der Waals surface area contributed by atoms with E-state index in [9.17, 15) is 23.1 Å². The van der Waals surface area contributed by atoms with Gasteiger partial charge in [0.25, 0.3) is 5.91 Å². The Morgan fingerprint density at radius 3 is 2.27 bits per heavy atom. The molecule has 1 atom stereocenters. The number of benzene rings is 1. The molecule has 122 valence electrons. The van der Waals surface area contributed by atoms with Crippen molar-refractivity contribution < 1.29 is 28.2 Å². The molecule has 0 fully saturated rings. The molecule has 0 saturated heterocycles. The molecule has 1 rings (SSSR count). The normalized spacial score (nSPS) is 13.0. The van der Waals surface area contributed by atoms with E-state index in [1.807, 2.05) is 0 Å². The van der Waals surface area contributed by atoms with Crippen LogP contribution in [0.25, 0.3) is 0 Å². The van der Waals surface area contributed by atoms with Crippen molar-refractivity contribution >= 4 is 21.9 Å². The Balaban J connectivity index is 3.09. The lowest BCUT2D eigenvalue weighted by Crippen LogP contribution is -2.48. The number of nitrogens with zero attached hydrogens (tertiary/aromatic N) is 1. The molecule has 0 heterocycles. The molecule has 8 nitrogen and oxygen atoms in total. The Morgan fingerprint density at radius 1 is 1.27 bits per heavy atom. The summed E-state index contributed by atoms with van der Waals surface area (Å²) in [5.41, 5.74) is 5.80. The van der Waals surface area contributed by atoms with Gasteiger partial charge in [-0.05, 0) is 25.5 Å². The van der Waals surface area contributed by atoms with Crippen molar-refractivity contribution in [1.82, 2.24) is 4.31 Å². The Morgan fingerprint density at radius 2 is 1.82 bits per heavy atom. The third kappa shape index (κ3) is 4.52. The third-order valence-electron chi connectivity index (χ3n) is 2.92. The number of sulfonamides is 1. The number of aliphatic hydroxyl groups is 1. The summed E-state index contributed by atoms with van der Waals surface area (Å²) in [7, 11) is -4.17. The number of carbonyl (C=O) groups excluding carboxylic acids is 1. The highest BCUT2D eigenvalue weighted by molar-refractivity contribution is 7.89. The summed E-state index contributed by atoms with van der Waals surface area (Å²) in [5.74, 6) is -2.34. The zero-order chi connectivity index (χ0) is 16.9. The summed E-state index contributed by atoms with van der Waals surface area (Å²) in [4.78, 5) is 21.5. The van der Waals surface area contributed by atoms with E-state index >= 15 is 0 Å². The first-order valence-electron chi connectivity index (χ1n) is 6.44. The van der Waals surface area contributed by atoms with Crippen LogP contribution < -0.4 is 5.73 Å². The molecular weight excluding hydrogens is 312 g/mol. The van der Waals surface area contributed by atoms with Crippen LogP contribution in [0.5, 0.6) is 0 Å². The van der Waals surface area contributed by atoms with Crippen molar-refractivity contribution in [2.45, 2.75) is 30.9 Å². The van der Waals surface area contributed by atoms with Gasteiger partial charge in [0.2, 0.25) is 16.3 Å². The predicted molar refractivity (Wildman–Crippen MR) is 77.1 cm³/mol. The first-order valence-corrected chi connectivity index (χ1v) is 7.88. The van der Waals surface area contributed by atoms with Gasteiger partial charge in [0.05, 0.1) is 4.90 Å². The zero-order valence-corrected chi connectivity index (χ0v) is 12.8. The van der Waals surface area contributed by atoms with E-state index in [0.717, 1.165) is 5.56 Å². The van der Waals surface area contributed by atoms with Gasteiger partial charge in [0.1, 0.15) is 0 Å². The zero-order valence-electron chi connectivity index (χ0n) is 12.0. The maximum absolute atomic E-state index is 12.5. The molecule has 1 amide bonds. The summed E-state index contributed by atoms with van der Waals surface area (Å²) in [6.45, 7) is 1.44. The van der Waals surface area contributed by atoms with Crippen molar-refractivity contribution in [3.8, 4) is 0 Å². The van der Waals surface area contributed by atoms with Crippen LogP contribution in [-0.2, 0) is 19.6 Å². The van der Waals surface area contributed by atoms with Gasteiger partial charge in [0.15, 0.2) is 0 Å². The van der Waals surface area contributed by atoms with Crippen LogP contribution in [0, 0.1) is 6.92 Å². The largest absolute Gasteiger partial charge is 0.481 e. The monoisotopic (exact) mass is 330 g/mol. The van der Waals surface area contributed by atoms with Crippen molar-refractivity contribution in [3.05, 3.63) is 29.8 Å². The van der Waals surface area contributed by atoms with Crippen LogP contribution in [0.3, 0.4) is 0 Å². The van der Waals surface area contributed by atoms with Crippen molar-refractivity contribution in [2.75, 3.05) is 6.54 Å². The third-order valence-corrected chi connectivity index (χ3v) is 4.79. The molecule has 4 N–H and O–H groups in total. The van der Waals surface area contributed by atoms with E-state index in [1.54, 1.807) is 19.1 Å². The second kappa shape index (κ2) is 7.34. The molecule has 22 heavy (non-hydrogen) atoms. The molecule has 0 aliphatic carbocycles. The van der Waals surface area contributed by atoms with Crippen LogP contribution in [0.15, 0.2) is 29.2 Å². The number of carboxylic acids is 1. The molecule has 0 aliphatic rings. The summed E-state index contributed by atoms with van der Waals surface area (Å²) in [6.07, 6.45) is -2.42. The fourth-order valence-electron chi connectivity index (χ4n) is 1.75. The number of hydrogen-bond donors (Lipinski definition) is 3. The molecule has 1 unspecified atom stereocenters. The fourth-order valence-corrected chi connectivity index (χ4v) is 3.23. The van der Waals surface area contributed by atoms with Crippen molar-refractivity contribution in [3.63, 3.8) is 0 Å². The number of aryl methyl sites for hydroxylation is 1. The van der Waals surface area contributed by atoms with Crippen molar-refractivity contribution in [2.24, 2.45) is 5.73 Å². The second-order valence-corrected chi connectivity index (χ2v) is 6.59. The minimum Gasteiger partial charge on any atom is -0.481 e. The van der Waals surface area contributed by atoms with Gasteiger partial charge in [0, 0.05) is 13.0 Å². The van der Waals surface area contributed by atoms with E-state index in [1.165, 1.54) is 12.1 Å². The average Bonchev–Trinajstić information content (AvgIpc) is 2.42. The molecule has 1 aromatic rings. The van der Waals surface area contributed by atoms with Crippen LogP contribution in [0.1, 0.15) is 18.4 Å². The van der Waals surface area contributed by atoms with Crippen LogP contribution >= 0.6 is 0 Å². The number of aliphatic carboxylic acids is 1. The minimum absolute atomic E-state index is 0.0647. The van der Waals surface area contributed by atoms with Crippen LogP contribution in [0.2, 0.25) is 0 Å². The van der Waals surface area contributed by atoms with Gasteiger partial charge in [-0.2, -0.15) is 4.31 Å². The second-order valence-electron chi connectivity index (χ2n) is 4.70. The van der Waals surface area contributed by atoms with Crippen LogP contribution in [-0.4, -0.2) is 47.6 Å². The van der Waals surface area contributed by atoms with E-state index in [2.05, 4.69) is 0 Å². The van der Waals surface area contributed by atoms with Crippen molar-refractivity contribution in [1.29, 1.82) is 0 Å². The Kier molecular flexibility index (Phi) is 6.03. The Labute approximate surface area is 128 Å². The number of nitrogens with two attached hydrogens (primary N) is 1. The number of amides is 1. The van der Waals surface area contributed by atoms with Crippen LogP contribution in [0.4, 0.5) is 0 Å². The number of rotatable bonds is 8. The molecular formula is C13H18N2O6S. The van der Waals surface area contributed by atoms with Gasteiger partial charge in [-0.3, -0.25) is 9.59 Å². The highest BCUT2D eigenvalue weighted by Crippen LogP contribution is 2.19. The predicted octanol–water partition coefficient (Wildman–Crippen LogP) is -0.346. The molecule has 0 bridgehead atoms. The average molecular weight is 330 g/mol. The number of primary amides is 1. The van der Waals surface area contributed by atoms with Gasteiger partial charge in [-0.15, -0.1) is 0 Å². The SMILES string of the molecule is Cc1ccc(S(=O)(=O)N(CCCC(=O)O)C(O)C(N)=O)cc1. The number of carbonyl (C=O) groups is 2. The Bertz CT molecular complexity index is 641. The highest BCUT2D eigenvalue weighted by atomic mass is 32.2. The Hall–Kier alpha value is -1.97. The van der Waals surface area contributed by atoms with E-state index in [-0.39, 0.29) is 24.3 Å². The van der Waals surface area contributed by atoms with Gasteiger partial charge in [-0.1, -0.05) is 17.7 Å². The number of carboxylic acid groups (broad SMARTS) is 1. The summed E-state index contributed by atoms with van der Waals surface area (Å²) in [5, 5.41) is 18.3. The lowest BCUT2D eigenvalue weighted by Gasteiger charge is -2.25. The topological polar surface area (TPSA) is 138 Å². The van der Waals surface area contributed by atoms with Gasteiger partial charge in [-0.25, -0.2) is 8.42 Å². The maximum atomic E-state index is 12.5. The molecule has 0 saturated carbocycles. The van der Waals surface area contributed by atoms with E-state index in [0.29, 0.717) is 4.31 Å². The lowest BCUT2D eigenvalue weighted by molar-refractivity contribution is -0.137. The first kappa shape index (κ1) is 18.1. The highest BCUT2D eigenvalue weighted by Gasteiger charge is 2.33. The molecule has 0 radical (unpaired) electrons. The van der Waals surface area contributed by atoms with Gasteiger partial charge < -0.3 is 15.9 Å². The number of hydrogen-bond acceptors (Lipinski definition) is 5. The fraction of sp³-hybridized carbons (Fsp3) is 0.385. The van der Waals surface area contributed by atoms with E-state index in [4.69, 9.17) is 10.8 Å². The molecule has 0 spiro atoms. The van der Waals surface area contributed by atoms with Gasteiger partial charge >= 0.3 is 5.97 Å². The smallest absolute Gasteiger partial charge is 0.303 e. The summed E-state index contributed by atoms with van der Waals surface area (Å²) >= 11 is 0.